The lowest BCUT2D eigenvalue weighted by atomic mass is 10.1. The molecule has 1 fully saturated rings. The van der Waals surface area contributed by atoms with Gasteiger partial charge in [0.1, 0.15) is 30.2 Å². The van der Waals surface area contributed by atoms with Crippen molar-refractivity contribution >= 4 is 51.7 Å². The number of benzene rings is 2. The van der Waals surface area contributed by atoms with Crippen molar-refractivity contribution in [2.24, 2.45) is 5.10 Å². The van der Waals surface area contributed by atoms with Crippen LogP contribution >= 0.6 is 11.6 Å². The molecule has 5 heterocycles. The van der Waals surface area contributed by atoms with Crippen molar-refractivity contribution in [2.45, 2.75) is 32.2 Å². The molecule has 1 atom stereocenters. The van der Waals surface area contributed by atoms with Crippen LogP contribution in [0.3, 0.4) is 0 Å². The highest BCUT2D eigenvalue weighted by atomic mass is 35.5. The van der Waals surface area contributed by atoms with Gasteiger partial charge in [-0.15, -0.1) is 0 Å². The maximum absolute atomic E-state index is 11.6. The Labute approximate surface area is 245 Å². The molecule has 0 bridgehead atoms. The van der Waals surface area contributed by atoms with Gasteiger partial charge in [0.25, 0.3) is 0 Å². The van der Waals surface area contributed by atoms with E-state index in [0.29, 0.717) is 49.3 Å². The summed E-state index contributed by atoms with van der Waals surface area (Å²) in [6.07, 6.45) is 4.44. The molecule has 0 radical (unpaired) electrons. The van der Waals surface area contributed by atoms with Gasteiger partial charge in [0.15, 0.2) is 0 Å². The van der Waals surface area contributed by atoms with Gasteiger partial charge in [0.05, 0.1) is 53.6 Å². The number of nitrogens with zero attached hydrogens (tertiary/aromatic N) is 6. The van der Waals surface area contributed by atoms with Gasteiger partial charge in [-0.1, -0.05) is 23.7 Å². The summed E-state index contributed by atoms with van der Waals surface area (Å²) >= 11 is 6.26. The topological polar surface area (TPSA) is 118 Å². The van der Waals surface area contributed by atoms with Crippen molar-refractivity contribution in [1.82, 2.24) is 19.5 Å². The van der Waals surface area contributed by atoms with E-state index in [1.807, 2.05) is 46.3 Å². The normalized spacial score (nSPS) is 16.7. The first-order valence-electron chi connectivity index (χ1n) is 13.7. The van der Waals surface area contributed by atoms with Gasteiger partial charge >= 0.3 is 5.97 Å². The van der Waals surface area contributed by atoms with Crippen LogP contribution in [0.25, 0.3) is 22.0 Å². The molecule has 0 aliphatic carbocycles. The van der Waals surface area contributed by atoms with E-state index in [-0.39, 0.29) is 11.7 Å². The van der Waals surface area contributed by atoms with Crippen molar-refractivity contribution in [1.29, 1.82) is 0 Å². The van der Waals surface area contributed by atoms with E-state index in [1.165, 1.54) is 0 Å². The molecule has 2 aliphatic rings. The van der Waals surface area contributed by atoms with Gasteiger partial charge in [-0.2, -0.15) is 10.1 Å². The second-order valence-corrected chi connectivity index (χ2v) is 10.6. The van der Waals surface area contributed by atoms with Gasteiger partial charge in [-0.3, -0.25) is 5.01 Å². The fourth-order valence-corrected chi connectivity index (χ4v) is 5.40. The third kappa shape index (κ3) is 5.12. The van der Waals surface area contributed by atoms with Crippen molar-refractivity contribution in [3.05, 3.63) is 82.8 Å². The zero-order valence-electron chi connectivity index (χ0n) is 22.5. The number of carboxylic acids is 1. The van der Waals surface area contributed by atoms with E-state index in [4.69, 9.17) is 30.5 Å². The van der Waals surface area contributed by atoms with Crippen molar-refractivity contribution in [3.8, 4) is 5.88 Å². The Morgan fingerprint density at radius 1 is 1.12 bits per heavy atom. The largest absolute Gasteiger partial charge is 0.478 e. The number of hydrazone groups is 1. The summed E-state index contributed by atoms with van der Waals surface area (Å²) in [5, 5.41) is 17.6. The quantitative estimate of drug-likeness (QED) is 0.250. The highest BCUT2D eigenvalue weighted by molar-refractivity contribution is 6.35. The van der Waals surface area contributed by atoms with Crippen LogP contribution in [0, 0.1) is 0 Å². The summed E-state index contributed by atoms with van der Waals surface area (Å²) in [6, 6.07) is 16.2. The summed E-state index contributed by atoms with van der Waals surface area (Å²) in [5.41, 5.74) is 3.37. The smallest absolute Gasteiger partial charge is 0.335 e. The van der Waals surface area contributed by atoms with Crippen LogP contribution in [0.15, 0.2) is 70.4 Å². The monoisotopic (exact) mass is 586 g/mol. The SMILES string of the molecule is O=C(O)c1ccc2nc(CN3CCN(c4cccc(OCc5ccc(Cl)c6ccoc56)n4)C=N3)n(C[C@@H]3CCO3)c2c1. The maximum atomic E-state index is 11.6. The number of hydrogen-bond donors (Lipinski definition) is 1. The average Bonchev–Trinajstić information content (AvgIpc) is 3.61. The number of rotatable bonds is 9. The van der Waals surface area contributed by atoms with E-state index < -0.39 is 5.97 Å². The molecular formula is C30H27ClN6O5. The van der Waals surface area contributed by atoms with Crippen LogP contribution in [0.2, 0.25) is 5.02 Å². The third-order valence-corrected chi connectivity index (χ3v) is 7.88. The Kier molecular flexibility index (Phi) is 6.88. The van der Waals surface area contributed by atoms with E-state index in [9.17, 15) is 9.90 Å². The molecule has 0 saturated carbocycles. The molecule has 0 unspecified atom stereocenters. The van der Waals surface area contributed by atoms with Gasteiger partial charge in [0.2, 0.25) is 5.88 Å². The number of fused-ring (bicyclic) bond motifs is 2. The summed E-state index contributed by atoms with van der Waals surface area (Å²) in [6.45, 7) is 3.45. The fourth-order valence-electron chi connectivity index (χ4n) is 5.19. The molecular weight excluding hydrogens is 560 g/mol. The molecule has 5 aromatic rings. The predicted molar refractivity (Wildman–Crippen MR) is 157 cm³/mol. The number of ether oxygens (including phenoxy) is 2. The summed E-state index contributed by atoms with van der Waals surface area (Å²) in [4.78, 5) is 23.0. The summed E-state index contributed by atoms with van der Waals surface area (Å²) in [5.74, 6) is 1.07. The molecule has 2 aromatic carbocycles. The first-order chi connectivity index (χ1) is 20.5. The van der Waals surface area contributed by atoms with E-state index in [1.54, 1.807) is 30.8 Å². The lowest BCUT2D eigenvalue weighted by Gasteiger charge is -2.30. The first-order valence-corrected chi connectivity index (χ1v) is 14.0. The Bertz CT molecular complexity index is 1810. The predicted octanol–water partition coefficient (Wildman–Crippen LogP) is 5.16. The molecule has 7 rings (SSSR count). The maximum Gasteiger partial charge on any atom is 0.335 e. The van der Waals surface area contributed by atoms with E-state index in [2.05, 4.69) is 14.7 Å². The highest BCUT2D eigenvalue weighted by Crippen LogP contribution is 2.29. The summed E-state index contributed by atoms with van der Waals surface area (Å²) < 4.78 is 19.3. The van der Waals surface area contributed by atoms with Crippen LogP contribution in [-0.4, -0.2) is 62.8 Å². The average molecular weight is 587 g/mol. The molecule has 1 saturated heterocycles. The minimum Gasteiger partial charge on any atom is -0.478 e. The zero-order valence-corrected chi connectivity index (χ0v) is 23.3. The zero-order chi connectivity index (χ0) is 28.6. The number of anilines is 1. The highest BCUT2D eigenvalue weighted by Gasteiger charge is 2.24. The minimum atomic E-state index is -0.963. The van der Waals surface area contributed by atoms with Crippen LogP contribution in [0.5, 0.6) is 5.88 Å². The Balaban J connectivity index is 1.05. The first kappa shape index (κ1) is 26.3. The number of carboxylic acid groups (broad SMARTS) is 1. The van der Waals surface area contributed by atoms with Crippen LogP contribution < -0.4 is 9.64 Å². The molecule has 0 amide bonds. The van der Waals surface area contributed by atoms with Gasteiger partial charge in [0, 0.05) is 30.2 Å². The second-order valence-electron chi connectivity index (χ2n) is 10.2. The molecule has 12 heteroatoms. The Morgan fingerprint density at radius 2 is 2.02 bits per heavy atom. The molecule has 3 aromatic heterocycles. The van der Waals surface area contributed by atoms with Crippen LogP contribution in [-0.2, 0) is 24.4 Å². The fraction of sp³-hybridized carbons (Fsp3) is 0.267. The molecule has 2 aliphatic heterocycles. The molecule has 0 spiro atoms. The molecule has 214 valence electrons. The molecule has 42 heavy (non-hydrogen) atoms. The number of carbonyl (C=O) groups is 1. The molecule has 11 nitrogen and oxygen atoms in total. The van der Waals surface area contributed by atoms with Crippen molar-refractivity contribution < 1.29 is 23.8 Å². The van der Waals surface area contributed by atoms with Gasteiger partial charge < -0.3 is 28.5 Å². The summed E-state index contributed by atoms with van der Waals surface area (Å²) in [7, 11) is 0. The number of halogens is 1. The minimum absolute atomic E-state index is 0.0976. The number of hydrogen-bond acceptors (Lipinski definition) is 9. The van der Waals surface area contributed by atoms with E-state index >= 15 is 0 Å². The lowest BCUT2D eigenvalue weighted by Crippen LogP contribution is -2.38. The number of imidazole rings is 1. The van der Waals surface area contributed by atoms with E-state index in [0.717, 1.165) is 46.7 Å². The Hall–Kier alpha value is -4.61. The van der Waals surface area contributed by atoms with Crippen molar-refractivity contribution in [2.75, 3.05) is 24.6 Å². The standard InChI is InChI=1S/C30H27ClN6O5/c31-23-6-4-20(29-22(23)9-13-41-29)17-42-28-3-1-2-26(34-28)35-10-11-36(32-18-35)16-27-33-24-7-5-19(30(38)39)14-25(24)37(27)15-21-8-12-40-21/h1-7,9,13-14,18,21H,8,10-12,15-17H2,(H,38,39)/t21-/m0/s1. The van der Waals surface area contributed by atoms with Crippen LogP contribution in [0.4, 0.5) is 5.82 Å². The van der Waals surface area contributed by atoms with Crippen molar-refractivity contribution in [3.63, 3.8) is 0 Å². The third-order valence-electron chi connectivity index (χ3n) is 7.55. The Morgan fingerprint density at radius 3 is 2.81 bits per heavy atom. The number of pyridine rings is 1. The molecule has 1 N–H and O–H groups in total. The number of aromatic nitrogens is 3. The lowest BCUT2D eigenvalue weighted by molar-refractivity contribution is -0.0592. The van der Waals surface area contributed by atoms with Crippen LogP contribution in [0.1, 0.15) is 28.2 Å². The van der Waals surface area contributed by atoms with Gasteiger partial charge in [-0.05, 0) is 42.8 Å². The second kappa shape index (κ2) is 11.0. The van der Waals surface area contributed by atoms with Gasteiger partial charge in [-0.25, -0.2) is 9.78 Å². The number of furan rings is 1. The number of aromatic carboxylic acids is 1.